The predicted octanol–water partition coefficient (Wildman–Crippen LogP) is 4.06. The zero-order valence-corrected chi connectivity index (χ0v) is 19.1. The largest absolute Gasteiger partial charge is 0.504 e. The van der Waals surface area contributed by atoms with Crippen molar-refractivity contribution >= 4 is 23.8 Å². The molecule has 2 N–H and O–H groups in total. The van der Waals surface area contributed by atoms with Crippen molar-refractivity contribution in [2.45, 2.75) is 20.3 Å². The Kier molecular flexibility index (Phi) is 7.81. The van der Waals surface area contributed by atoms with Gasteiger partial charge in [0.05, 0.1) is 13.5 Å². The maximum absolute atomic E-state index is 12.8. The molecule has 0 aliphatic rings. The van der Waals surface area contributed by atoms with E-state index >= 15 is 0 Å². The average Bonchev–Trinajstić information content (AvgIpc) is 3.37. The smallest absolute Gasteiger partial charge is 0.273 e. The molecule has 0 fully saturated rings. The Labute approximate surface area is 196 Å². The minimum Gasteiger partial charge on any atom is -0.504 e. The molecule has 176 valence electrons. The summed E-state index contributed by atoms with van der Waals surface area (Å²) in [5.74, 6) is 0.618. The van der Waals surface area contributed by atoms with Crippen molar-refractivity contribution in [2.24, 2.45) is 0 Å². The highest BCUT2D eigenvalue weighted by atomic mass is 16.5. The molecule has 0 bridgehead atoms. The normalized spacial score (nSPS) is 11.3. The lowest BCUT2D eigenvalue weighted by molar-refractivity contribution is 0.0948. The van der Waals surface area contributed by atoms with Gasteiger partial charge in [-0.1, -0.05) is 30.9 Å². The number of hydrogen-bond acceptors (Lipinski definition) is 8. The first-order valence-electron chi connectivity index (χ1n) is 10.4. The van der Waals surface area contributed by atoms with Gasteiger partial charge in [-0.3, -0.25) is 9.59 Å². The van der Waals surface area contributed by atoms with Crippen LogP contribution in [0.3, 0.4) is 0 Å². The molecule has 3 aromatic rings. The number of benzene rings is 1. The molecular weight excluding hydrogens is 438 g/mol. The minimum atomic E-state index is -0.400. The van der Waals surface area contributed by atoms with Crippen molar-refractivity contribution in [1.82, 2.24) is 15.3 Å². The summed E-state index contributed by atoms with van der Waals surface area (Å²) in [5.41, 5.74) is 0.967. The van der Waals surface area contributed by atoms with Crippen LogP contribution in [0.25, 0.3) is 12.2 Å². The molecule has 1 aromatic carbocycles. The van der Waals surface area contributed by atoms with Crippen LogP contribution in [0.4, 0.5) is 0 Å². The highest BCUT2D eigenvalue weighted by Crippen LogP contribution is 2.27. The van der Waals surface area contributed by atoms with Gasteiger partial charge in [-0.15, -0.1) is 0 Å². The number of methoxy groups -OCH3 is 1. The van der Waals surface area contributed by atoms with E-state index < -0.39 is 5.91 Å². The van der Waals surface area contributed by atoms with Gasteiger partial charge in [0.25, 0.3) is 5.91 Å². The van der Waals surface area contributed by atoms with Gasteiger partial charge >= 0.3 is 0 Å². The molecule has 0 saturated heterocycles. The summed E-state index contributed by atoms with van der Waals surface area (Å²) < 4.78 is 16.1. The second-order valence-electron chi connectivity index (χ2n) is 7.21. The van der Waals surface area contributed by atoms with E-state index in [1.54, 1.807) is 56.4 Å². The molecule has 0 unspecified atom stereocenters. The number of phenols is 1. The van der Waals surface area contributed by atoms with Crippen molar-refractivity contribution in [3.05, 3.63) is 83.3 Å². The summed E-state index contributed by atoms with van der Waals surface area (Å²) in [6, 6.07) is 4.92. The number of allylic oxidation sites excluding steroid dienone is 2. The summed E-state index contributed by atoms with van der Waals surface area (Å²) >= 11 is 0. The van der Waals surface area contributed by atoms with Gasteiger partial charge in [0, 0.05) is 12.6 Å². The Morgan fingerprint density at radius 1 is 1.15 bits per heavy atom. The number of ether oxygens (including phenoxy) is 1. The number of aromatic nitrogens is 2. The van der Waals surface area contributed by atoms with Crippen LogP contribution >= 0.6 is 0 Å². The van der Waals surface area contributed by atoms with E-state index in [1.807, 2.05) is 0 Å². The van der Waals surface area contributed by atoms with E-state index in [4.69, 9.17) is 13.6 Å². The number of Topliss-reactive ketones (excluding diaryl/α,β-unsaturated/α-hetero) is 1. The van der Waals surface area contributed by atoms with E-state index in [1.165, 1.54) is 13.2 Å². The van der Waals surface area contributed by atoms with Gasteiger partial charge in [-0.2, -0.15) is 0 Å². The van der Waals surface area contributed by atoms with Gasteiger partial charge < -0.3 is 24.0 Å². The average molecular weight is 463 g/mol. The molecular formula is C25H25N3O6. The Hall–Kier alpha value is -4.40. The minimum absolute atomic E-state index is 0.00613. The number of ketones is 1. The van der Waals surface area contributed by atoms with Gasteiger partial charge in [-0.05, 0) is 37.6 Å². The number of carbonyl (C=O) groups is 2. The van der Waals surface area contributed by atoms with E-state index in [2.05, 4.69) is 21.9 Å². The molecule has 9 nitrogen and oxygen atoms in total. The summed E-state index contributed by atoms with van der Waals surface area (Å²) in [5, 5.41) is 12.6. The summed E-state index contributed by atoms with van der Waals surface area (Å²) in [6.45, 7) is 7.11. The standard InChI is InChI=1S/C25H25N3O6/c1-5-6-7-12-26-25(31)24-16(3)34-22(28-24)14-19(30)23-15(2)33-21(27-23)11-9-17-8-10-20(32-4)18(29)13-17/h5-11,13,29H,1,12,14H2,2-4H3,(H,26,31). The quantitative estimate of drug-likeness (QED) is 0.340. The second-order valence-corrected chi connectivity index (χ2v) is 7.21. The Morgan fingerprint density at radius 2 is 1.91 bits per heavy atom. The third-order valence-corrected chi connectivity index (χ3v) is 4.72. The number of nitrogens with one attached hydrogen (secondary N) is 1. The SMILES string of the molecule is C=CC=CCNC(=O)c1nc(CC(=O)c2nc(C=Cc3ccc(OC)c(O)c3)oc2C)oc1C. The first-order valence-corrected chi connectivity index (χ1v) is 10.4. The number of amides is 1. The predicted molar refractivity (Wildman–Crippen MR) is 126 cm³/mol. The summed E-state index contributed by atoms with van der Waals surface area (Å²) in [4.78, 5) is 33.4. The van der Waals surface area contributed by atoms with Crippen LogP contribution < -0.4 is 10.1 Å². The van der Waals surface area contributed by atoms with E-state index in [0.717, 1.165) is 0 Å². The second kappa shape index (κ2) is 11.0. The van der Waals surface area contributed by atoms with Gasteiger partial charge in [0.15, 0.2) is 23.0 Å². The first-order chi connectivity index (χ1) is 16.3. The van der Waals surface area contributed by atoms with Gasteiger partial charge in [0.2, 0.25) is 11.8 Å². The van der Waals surface area contributed by atoms with Crippen LogP contribution in [-0.2, 0) is 6.42 Å². The van der Waals surface area contributed by atoms with Crippen molar-refractivity contribution in [1.29, 1.82) is 0 Å². The molecule has 0 radical (unpaired) electrons. The molecule has 0 spiro atoms. The molecule has 0 atom stereocenters. The Balaban J connectivity index is 1.68. The van der Waals surface area contributed by atoms with Crippen LogP contribution in [-0.4, -0.2) is 40.4 Å². The summed E-state index contributed by atoms with van der Waals surface area (Å²) in [6.07, 6.45) is 8.16. The van der Waals surface area contributed by atoms with Crippen LogP contribution in [0, 0.1) is 13.8 Å². The number of phenolic OH excluding ortho intramolecular Hbond substituents is 1. The fraction of sp³-hybridized carbons (Fsp3) is 0.200. The number of carbonyl (C=O) groups excluding carboxylic acids is 2. The first kappa shape index (κ1) is 24.2. The van der Waals surface area contributed by atoms with Crippen LogP contribution in [0.15, 0.2) is 51.8 Å². The van der Waals surface area contributed by atoms with E-state index in [-0.39, 0.29) is 41.1 Å². The zero-order valence-electron chi connectivity index (χ0n) is 19.1. The fourth-order valence-electron chi connectivity index (χ4n) is 3.08. The van der Waals surface area contributed by atoms with Crippen molar-refractivity contribution in [3.8, 4) is 11.5 Å². The number of aryl methyl sites for hydroxylation is 2. The maximum Gasteiger partial charge on any atom is 0.273 e. The third kappa shape index (κ3) is 5.89. The number of oxazole rings is 2. The van der Waals surface area contributed by atoms with Crippen molar-refractivity contribution in [3.63, 3.8) is 0 Å². The van der Waals surface area contributed by atoms with E-state index in [9.17, 15) is 14.7 Å². The highest BCUT2D eigenvalue weighted by Gasteiger charge is 2.22. The molecule has 2 heterocycles. The third-order valence-electron chi connectivity index (χ3n) is 4.72. The number of aromatic hydroxyl groups is 1. The van der Waals surface area contributed by atoms with Crippen LogP contribution in [0.1, 0.15) is 49.8 Å². The molecule has 2 aromatic heterocycles. The highest BCUT2D eigenvalue weighted by molar-refractivity contribution is 5.97. The fourth-order valence-corrected chi connectivity index (χ4v) is 3.08. The number of rotatable bonds is 10. The van der Waals surface area contributed by atoms with E-state index in [0.29, 0.717) is 29.4 Å². The van der Waals surface area contributed by atoms with Crippen molar-refractivity contribution in [2.75, 3.05) is 13.7 Å². The van der Waals surface area contributed by atoms with Crippen LogP contribution in [0.5, 0.6) is 11.5 Å². The topological polar surface area (TPSA) is 128 Å². The monoisotopic (exact) mass is 463 g/mol. The number of hydrogen-bond donors (Lipinski definition) is 2. The lowest BCUT2D eigenvalue weighted by Crippen LogP contribution is -2.24. The maximum atomic E-state index is 12.8. The Bertz CT molecular complexity index is 1270. The molecule has 0 aliphatic heterocycles. The number of nitrogens with zero attached hydrogens (tertiary/aromatic N) is 2. The zero-order chi connectivity index (χ0) is 24.7. The molecule has 34 heavy (non-hydrogen) atoms. The van der Waals surface area contributed by atoms with Gasteiger partial charge in [-0.25, -0.2) is 9.97 Å². The summed E-state index contributed by atoms with van der Waals surface area (Å²) in [7, 11) is 1.47. The molecule has 9 heteroatoms. The Morgan fingerprint density at radius 3 is 2.62 bits per heavy atom. The van der Waals surface area contributed by atoms with Crippen LogP contribution in [0.2, 0.25) is 0 Å². The molecule has 3 rings (SSSR count). The molecule has 1 amide bonds. The lowest BCUT2D eigenvalue weighted by Gasteiger charge is -2.02. The molecule has 0 saturated carbocycles. The van der Waals surface area contributed by atoms with Gasteiger partial charge in [0.1, 0.15) is 17.2 Å². The molecule has 0 aliphatic carbocycles. The van der Waals surface area contributed by atoms with Crippen molar-refractivity contribution < 1.29 is 28.3 Å². The lowest BCUT2D eigenvalue weighted by atomic mass is 10.2.